The van der Waals surface area contributed by atoms with Crippen molar-refractivity contribution >= 4 is 28.3 Å². The van der Waals surface area contributed by atoms with E-state index in [1.165, 1.54) is 10.2 Å². The zero-order valence-electron chi connectivity index (χ0n) is 18.9. The monoisotopic (exact) mass is 435 g/mol. The molecule has 0 fully saturated rings. The molecule has 7 heteroatoms. The minimum Gasteiger partial charge on any atom is -0.451 e. The fourth-order valence-corrected chi connectivity index (χ4v) is 3.27. The van der Waals surface area contributed by atoms with E-state index in [1.807, 2.05) is 24.3 Å². The molecule has 1 N–H and O–H groups in total. The van der Waals surface area contributed by atoms with E-state index in [0.717, 1.165) is 6.42 Å². The Hall–Kier alpha value is -3.48. The smallest absolute Gasteiger partial charge is 0.359 e. The van der Waals surface area contributed by atoms with Crippen LogP contribution in [0.15, 0.2) is 53.3 Å². The van der Waals surface area contributed by atoms with Crippen molar-refractivity contribution in [1.82, 2.24) is 9.78 Å². The minimum atomic E-state index is -0.746. The number of rotatable bonds is 8. The molecule has 3 aromatic rings. The Labute approximate surface area is 187 Å². The van der Waals surface area contributed by atoms with Crippen molar-refractivity contribution in [3.63, 3.8) is 0 Å². The first-order valence-electron chi connectivity index (χ1n) is 10.8. The van der Waals surface area contributed by atoms with Crippen molar-refractivity contribution < 1.29 is 14.3 Å². The average Bonchev–Trinajstić information content (AvgIpc) is 2.77. The molecular formula is C25H29N3O4. The van der Waals surface area contributed by atoms with Crippen LogP contribution in [-0.2, 0) is 16.1 Å². The van der Waals surface area contributed by atoms with Gasteiger partial charge in [0.05, 0.1) is 5.39 Å². The Bertz CT molecular complexity index is 1160. The second-order valence-corrected chi connectivity index (χ2v) is 8.51. The Morgan fingerprint density at radius 2 is 1.66 bits per heavy atom. The van der Waals surface area contributed by atoms with Crippen molar-refractivity contribution in [2.45, 2.75) is 46.6 Å². The van der Waals surface area contributed by atoms with Gasteiger partial charge in [0, 0.05) is 17.6 Å². The molecular weight excluding hydrogens is 406 g/mol. The average molecular weight is 436 g/mol. The number of carbonyl (C=O) groups excluding carboxylic acids is 2. The maximum absolute atomic E-state index is 12.8. The number of esters is 1. The molecule has 0 saturated carbocycles. The lowest BCUT2D eigenvalue weighted by atomic mass is 10.0. The fourth-order valence-electron chi connectivity index (χ4n) is 3.27. The number of anilines is 1. The number of fused-ring (bicyclic) bond motifs is 1. The summed E-state index contributed by atoms with van der Waals surface area (Å²) >= 11 is 0. The lowest BCUT2D eigenvalue weighted by Crippen LogP contribution is -2.28. The zero-order chi connectivity index (χ0) is 23.3. The Morgan fingerprint density at radius 1 is 1.00 bits per heavy atom. The van der Waals surface area contributed by atoms with Crippen LogP contribution in [0.5, 0.6) is 0 Å². The molecule has 0 unspecified atom stereocenters. The summed E-state index contributed by atoms with van der Waals surface area (Å²) in [7, 11) is 0. The van der Waals surface area contributed by atoms with Crippen LogP contribution in [0, 0.1) is 5.92 Å². The third-order valence-electron chi connectivity index (χ3n) is 5.17. The van der Waals surface area contributed by atoms with Crippen LogP contribution in [0.2, 0.25) is 0 Å². The number of hydrogen-bond acceptors (Lipinski definition) is 5. The van der Waals surface area contributed by atoms with Crippen molar-refractivity contribution in [2.24, 2.45) is 5.92 Å². The van der Waals surface area contributed by atoms with Gasteiger partial charge in [-0.3, -0.25) is 9.59 Å². The molecule has 0 atom stereocenters. The Morgan fingerprint density at radius 3 is 2.28 bits per heavy atom. The largest absolute Gasteiger partial charge is 0.451 e. The lowest BCUT2D eigenvalue weighted by molar-refractivity contribution is -0.119. The fraction of sp³-hybridized carbons (Fsp3) is 0.360. The predicted molar refractivity (Wildman–Crippen MR) is 125 cm³/mol. The van der Waals surface area contributed by atoms with Crippen LogP contribution in [-0.4, -0.2) is 28.3 Å². The number of nitrogens with zero attached hydrogens (tertiary/aromatic N) is 2. The quantitative estimate of drug-likeness (QED) is 0.531. The summed E-state index contributed by atoms with van der Waals surface area (Å²) in [5.74, 6) is -0.423. The van der Waals surface area contributed by atoms with Crippen LogP contribution in [0.25, 0.3) is 10.8 Å². The zero-order valence-corrected chi connectivity index (χ0v) is 18.9. The van der Waals surface area contributed by atoms with Gasteiger partial charge in [0.25, 0.3) is 11.5 Å². The molecule has 168 valence electrons. The number of aromatic nitrogens is 2. The first-order valence-corrected chi connectivity index (χ1v) is 10.8. The molecule has 1 amide bonds. The molecule has 1 aromatic heterocycles. The number of benzene rings is 2. The van der Waals surface area contributed by atoms with Gasteiger partial charge in [0.1, 0.15) is 0 Å². The summed E-state index contributed by atoms with van der Waals surface area (Å²) in [6.07, 6.45) is 0.748. The number of nitrogens with one attached hydrogen (secondary N) is 1. The minimum absolute atomic E-state index is 0.0260. The van der Waals surface area contributed by atoms with Crippen LogP contribution in [0.1, 0.15) is 56.1 Å². The van der Waals surface area contributed by atoms with E-state index < -0.39 is 18.5 Å². The molecule has 0 aliphatic heterocycles. The van der Waals surface area contributed by atoms with Gasteiger partial charge in [0.15, 0.2) is 12.3 Å². The molecule has 0 radical (unpaired) electrons. The van der Waals surface area contributed by atoms with E-state index >= 15 is 0 Å². The number of aryl methyl sites for hydroxylation is 1. The number of carbonyl (C=O) groups is 2. The Balaban J connectivity index is 1.74. The van der Waals surface area contributed by atoms with Gasteiger partial charge in [0.2, 0.25) is 0 Å². The van der Waals surface area contributed by atoms with Gasteiger partial charge < -0.3 is 10.1 Å². The molecule has 1 heterocycles. The second kappa shape index (κ2) is 10.2. The highest BCUT2D eigenvalue weighted by molar-refractivity contribution is 6.03. The molecule has 3 rings (SSSR count). The van der Waals surface area contributed by atoms with Gasteiger partial charge in [-0.15, -0.1) is 0 Å². The van der Waals surface area contributed by atoms with Gasteiger partial charge in [-0.25, -0.2) is 9.48 Å². The molecule has 0 saturated heterocycles. The highest BCUT2D eigenvalue weighted by Gasteiger charge is 2.19. The van der Waals surface area contributed by atoms with Crippen molar-refractivity contribution in [3.8, 4) is 0 Å². The number of ether oxygens (including phenoxy) is 1. The van der Waals surface area contributed by atoms with Gasteiger partial charge in [-0.1, -0.05) is 58.0 Å². The van der Waals surface area contributed by atoms with E-state index in [2.05, 4.69) is 38.1 Å². The van der Waals surface area contributed by atoms with Crippen LogP contribution >= 0.6 is 0 Å². The van der Waals surface area contributed by atoms with E-state index in [9.17, 15) is 14.4 Å². The molecule has 2 aromatic carbocycles. The maximum atomic E-state index is 12.8. The van der Waals surface area contributed by atoms with Gasteiger partial charge >= 0.3 is 5.97 Å². The summed E-state index contributed by atoms with van der Waals surface area (Å²) in [5.41, 5.74) is 1.57. The summed E-state index contributed by atoms with van der Waals surface area (Å²) in [5, 5.41) is 7.78. The molecule has 7 nitrogen and oxygen atoms in total. The molecule has 0 bridgehead atoms. The first-order chi connectivity index (χ1) is 15.3. The van der Waals surface area contributed by atoms with Crippen LogP contribution in [0.3, 0.4) is 0 Å². The highest BCUT2D eigenvalue weighted by Crippen LogP contribution is 2.18. The van der Waals surface area contributed by atoms with E-state index in [1.54, 1.807) is 24.3 Å². The summed E-state index contributed by atoms with van der Waals surface area (Å²) < 4.78 is 6.52. The number of amides is 1. The molecule has 32 heavy (non-hydrogen) atoms. The number of hydrogen-bond donors (Lipinski definition) is 1. The molecule has 0 spiro atoms. The predicted octanol–water partition coefficient (Wildman–Crippen LogP) is 4.36. The maximum Gasteiger partial charge on any atom is 0.359 e. The first kappa shape index (κ1) is 23.2. The van der Waals surface area contributed by atoms with Crippen molar-refractivity contribution in [1.29, 1.82) is 0 Å². The van der Waals surface area contributed by atoms with E-state index in [4.69, 9.17) is 4.74 Å². The standard InChI is InChI=1S/C25H29N3O4/c1-16(2)13-14-28-24(30)21-8-6-5-7-20(21)23(27-28)25(31)32-15-22(29)26-19-11-9-18(10-12-19)17(3)4/h5-12,16-17H,13-15H2,1-4H3,(H,26,29). The van der Waals surface area contributed by atoms with Crippen molar-refractivity contribution in [2.75, 3.05) is 11.9 Å². The molecule has 0 aliphatic carbocycles. The third kappa shape index (κ3) is 5.60. The molecule has 0 aliphatic rings. The normalized spacial score (nSPS) is 11.2. The highest BCUT2D eigenvalue weighted by atomic mass is 16.5. The SMILES string of the molecule is CC(C)CCn1nc(C(=O)OCC(=O)Nc2ccc(C(C)C)cc2)c2ccccc2c1=O. The van der Waals surface area contributed by atoms with E-state index in [0.29, 0.717) is 34.8 Å². The van der Waals surface area contributed by atoms with Gasteiger partial charge in [-0.2, -0.15) is 5.10 Å². The van der Waals surface area contributed by atoms with E-state index in [-0.39, 0.29) is 11.3 Å². The Kier molecular flexibility index (Phi) is 7.41. The summed E-state index contributed by atoms with van der Waals surface area (Å²) in [6.45, 7) is 8.24. The second-order valence-electron chi connectivity index (χ2n) is 8.51. The topological polar surface area (TPSA) is 90.3 Å². The third-order valence-corrected chi connectivity index (χ3v) is 5.17. The summed E-state index contributed by atoms with van der Waals surface area (Å²) in [6, 6.07) is 14.3. The van der Waals surface area contributed by atoms with Crippen LogP contribution < -0.4 is 10.9 Å². The summed E-state index contributed by atoms with van der Waals surface area (Å²) in [4.78, 5) is 37.8. The lowest BCUT2D eigenvalue weighted by Gasteiger charge is -2.12. The van der Waals surface area contributed by atoms with Gasteiger partial charge in [-0.05, 0) is 42.0 Å². The van der Waals surface area contributed by atoms with Crippen molar-refractivity contribution in [3.05, 3.63) is 70.1 Å². The van der Waals surface area contributed by atoms with Crippen LogP contribution in [0.4, 0.5) is 5.69 Å².